The normalized spacial score (nSPS) is 27.0. The Kier molecular flexibility index (Phi) is 8.41. The largest absolute Gasteiger partial charge is 0.381 e. The highest BCUT2D eigenvalue weighted by Crippen LogP contribution is 2.25. The zero-order valence-corrected chi connectivity index (χ0v) is 18.3. The lowest BCUT2D eigenvalue weighted by Crippen LogP contribution is -2.57. The van der Waals surface area contributed by atoms with Gasteiger partial charge in [0.15, 0.2) is 0 Å². The van der Waals surface area contributed by atoms with Gasteiger partial charge in [0.1, 0.15) is 0 Å². The van der Waals surface area contributed by atoms with E-state index in [0.717, 1.165) is 25.2 Å². The van der Waals surface area contributed by atoms with E-state index >= 15 is 0 Å². The van der Waals surface area contributed by atoms with Crippen molar-refractivity contribution in [2.45, 2.75) is 51.0 Å². The first-order chi connectivity index (χ1) is 14.4. The maximum Gasteiger partial charge on any atom is 0.0506 e. The first kappa shape index (κ1) is 21.3. The van der Waals surface area contributed by atoms with Crippen LogP contribution < -0.4 is 0 Å². The number of ether oxygens (including phenoxy) is 1. The van der Waals surface area contributed by atoms with Crippen LogP contribution in [0, 0.1) is 5.92 Å². The van der Waals surface area contributed by atoms with Gasteiger partial charge in [-0.2, -0.15) is 0 Å². The van der Waals surface area contributed by atoms with Crippen LogP contribution in [0.15, 0.2) is 30.3 Å². The molecule has 4 rings (SSSR count). The summed E-state index contributed by atoms with van der Waals surface area (Å²) in [6, 6.07) is 11.7. The lowest BCUT2D eigenvalue weighted by molar-refractivity contribution is -0.000957. The van der Waals surface area contributed by atoms with Crippen LogP contribution in [0.3, 0.4) is 0 Å². The van der Waals surface area contributed by atoms with E-state index in [1.165, 1.54) is 103 Å². The monoisotopic (exact) mass is 399 g/mol. The minimum atomic E-state index is 0.747. The summed E-state index contributed by atoms with van der Waals surface area (Å²) >= 11 is 0. The molecular formula is C25H41N3O. The molecule has 0 N–H and O–H groups in total. The van der Waals surface area contributed by atoms with Crippen molar-refractivity contribution in [3.63, 3.8) is 0 Å². The van der Waals surface area contributed by atoms with E-state index in [4.69, 9.17) is 4.74 Å². The van der Waals surface area contributed by atoms with Gasteiger partial charge in [0.2, 0.25) is 0 Å². The summed E-state index contributed by atoms with van der Waals surface area (Å²) in [5.74, 6) is 0.747. The van der Waals surface area contributed by atoms with Gasteiger partial charge in [0.25, 0.3) is 0 Å². The third-order valence-electron chi connectivity index (χ3n) is 7.21. The molecule has 3 fully saturated rings. The minimum Gasteiger partial charge on any atom is -0.381 e. The second-order valence-corrected chi connectivity index (χ2v) is 9.46. The second kappa shape index (κ2) is 11.5. The summed E-state index contributed by atoms with van der Waals surface area (Å²) in [4.78, 5) is 8.06. The van der Waals surface area contributed by atoms with Crippen molar-refractivity contribution < 1.29 is 4.74 Å². The van der Waals surface area contributed by atoms with Crippen molar-refractivity contribution in [1.29, 1.82) is 0 Å². The highest BCUT2D eigenvalue weighted by atomic mass is 16.5. The van der Waals surface area contributed by atoms with Crippen molar-refractivity contribution >= 4 is 0 Å². The third-order valence-corrected chi connectivity index (χ3v) is 7.21. The van der Waals surface area contributed by atoms with Gasteiger partial charge in [-0.05, 0) is 63.1 Å². The molecule has 0 spiro atoms. The molecular weight excluding hydrogens is 358 g/mol. The Morgan fingerprint density at radius 2 is 1.69 bits per heavy atom. The predicted molar refractivity (Wildman–Crippen MR) is 120 cm³/mol. The van der Waals surface area contributed by atoms with Crippen LogP contribution in [-0.2, 0) is 11.2 Å². The van der Waals surface area contributed by atoms with E-state index in [1.54, 1.807) is 0 Å². The number of hydrogen-bond donors (Lipinski definition) is 0. The van der Waals surface area contributed by atoms with Crippen LogP contribution in [0.1, 0.15) is 44.1 Å². The first-order valence-corrected chi connectivity index (χ1v) is 12.2. The molecule has 0 unspecified atom stereocenters. The van der Waals surface area contributed by atoms with Crippen LogP contribution >= 0.6 is 0 Å². The maximum atomic E-state index is 6.09. The average Bonchev–Trinajstić information content (AvgIpc) is 2.79. The molecule has 3 heterocycles. The third kappa shape index (κ3) is 6.78. The lowest BCUT2D eigenvalue weighted by Gasteiger charge is -2.46. The number of benzene rings is 1. The predicted octanol–water partition coefficient (Wildman–Crippen LogP) is 3.52. The fraction of sp³-hybridized carbons (Fsp3) is 0.760. The molecule has 0 bridgehead atoms. The first-order valence-electron chi connectivity index (χ1n) is 12.2. The number of piperidine rings is 2. The Balaban J connectivity index is 1.08. The van der Waals surface area contributed by atoms with E-state index in [9.17, 15) is 0 Å². The Labute approximate surface area is 178 Å². The highest BCUT2D eigenvalue weighted by molar-refractivity contribution is 5.14. The molecule has 1 aromatic rings. The molecule has 3 aliphatic rings. The van der Waals surface area contributed by atoms with E-state index in [1.807, 2.05) is 0 Å². The van der Waals surface area contributed by atoms with Crippen molar-refractivity contribution in [3.8, 4) is 0 Å². The number of piperazine rings is 1. The summed E-state index contributed by atoms with van der Waals surface area (Å²) in [6.07, 6.45) is 9.30. The molecule has 4 heteroatoms. The van der Waals surface area contributed by atoms with Crippen LogP contribution in [-0.4, -0.2) is 86.3 Å². The Morgan fingerprint density at radius 1 is 0.828 bits per heavy atom. The molecule has 1 aromatic carbocycles. The van der Waals surface area contributed by atoms with Crippen molar-refractivity contribution in [1.82, 2.24) is 14.7 Å². The number of fused-ring (bicyclic) bond motifs is 1. The molecule has 0 radical (unpaired) electrons. The topological polar surface area (TPSA) is 19.0 Å². The minimum absolute atomic E-state index is 0.747. The number of hydrogen-bond acceptors (Lipinski definition) is 4. The molecule has 3 saturated heterocycles. The Hall–Kier alpha value is -0.940. The fourth-order valence-electron chi connectivity index (χ4n) is 5.42. The smallest absolute Gasteiger partial charge is 0.0506 e. The number of rotatable bonds is 9. The molecule has 4 nitrogen and oxygen atoms in total. The summed E-state index contributed by atoms with van der Waals surface area (Å²) < 4.78 is 6.09. The molecule has 0 aliphatic carbocycles. The fourth-order valence-corrected chi connectivity index (χ4v) is 5.42. The van der Waals surface area contributed by atoms with E-state index in [0.29, 0.717) is 0 Å². The molecule has 29 heavy (non-hydrogen) atoms. The summed E-state index contributed by atoms with van der Waals surface area (Å²) in [5.41, 5.74) is 1.47. The SMILES string of the molecule is c1ccc(CCN2CCN3C[C@@H](COCCCN4CCCCC4)CC[C@H]3C2)cc1. The quantitative estimate of drug-likeness (QED) is 0.592. The number of likely N-dealkylation sites (tertiary alicyclic amines) is 1. The summed E-state index contributed by atoms with van der Waals surface area (Å²) in [5, 5.41) is 0. The van der Waals surface area contributed by atoms with Gasteiger partial charge in [-0.25, -0.2) is 0 Å². The zero-order valence-electron chi connectivity index (χ0n) is 18.3. The Bertz CT molecular complexity index is 575. The lowest BCUT2D eigenvalue weighted by atomic mass is 9.91. The second-order valence-electron chi connectivity index (χ2n) is 9.46. The van der Waals surface area contributed by atoms with Crippen molar-refractivity contribution in [2.24, 2.45) is 5.92 Å². The highest BCUT2D eigenvalue weighted by Gasteiger charge is 2.32. The molecule has 3 aliphatic heterocycles. The molecule has 0 saturated carbocycles. The van der Waals surface area contributed by atoms with E-state index in [-0.39, 0.29) is 0 Å². The van der Waals surface area contributed by atoms with E-state index in [2.05, 4.69) is 45.0 Å². The van der Waals surface area contributed by atoms with Crippen LogP contribution in [0.25, 0.3) is 0 Å². The molecule has 0 aromatic heterocycles. The van der Waals surface area contributed by atoms with Crippen LogP contribution in [0.2, 0.25) is 0 Å². The van der Waals surface area contributed by atoms with Gasteiger partial charge in [-0.3, -0.25) is 4.90 Å². The molecule has 2 atom stereocenters. The summed E-state index contributed by atoms with van der Waals surface area (Å²) in [6.45, 7) is 12.0. The van der Waals surface area contributed by atoms with Gasteiger partial charge >= 0.3 is 0 Å². The van der Waals surface area contributed by atoms with Gasteiger partial charge < -0.3 is 14.5 Å². The van der Waals surface area contributed by atoms with E-state index < -0.39 is 0 Å². The van der Waals surface area contributed by atoms with Crippen LogP contribution in [0.4, 0.5) is 0 Å². The number of nitrogens with zero attached hydrogens (tertiary/aromatic N) is 3. The molecule has 162 valence electrons. The standard InChI is InChI=1S/C25H41N3O/c1-3-8-23(9-4-1)12-16-27-17-18-28-20-24(10-11-25(28)21-27)22-29-19-7-15-26-13-5-2-6-14-26/h1,3-4,8-9,24-25H,2,5-7,10-22H2/t24-,25-/m0/s1. The maximum absolute atomic E-state index is 6.09. The van der Waals surface area contributed by atoms with Gasteiger partial charge in [0.05, 0.1) is 6.61 Å². The van der Waals surface area contributed by atoms with Gasteiger partial charge in [-0.1, -0.05) is 36.8 Å². The van der Waals surface area contributed by atoms with Gasteiger partial charge in [-0.15, -0.1) is 0 Å². The average molecular weight is 400 g/mol. The van der Waals surface area contributed by atoms with Crippen molar-refractivity contribution in [2.75, 3.05) is 65.6 Å². The van der Waals surface area contributed by atoms with Crippen molar-refractivity contribution in [3.05, 3.63) is 35.9 Å². The molecule has 0 amide bonds. The van der Waals surface area contributed by atoms with Crippen LogP contribution in [0.5, 0.6) is 0 Å². The Morgan fingerprint density at radius 3 is 2.55 bits per heavy atom. The summed E-state index contributed by atoms with van der Waals surface area (Å²) in [7, 11) is 0. The van der Waals surface area contributed by atoms with Gasteiger partial charge in [0, 0.05) is 51.9 Å². The zero-order chi connectivity index (χ0) is 19.7.